The summed E-state index contributed by atoms with van der Waals surface area (Å²) >= 11 is 0. The van der Waals surface area contributed by atoms with Gasteiger partial charge in [-0.3, -0.25) is 0 Å². The molecule has 3 heteroatoms. The van der Waals surface area contributed by atoms with Crippen molar-refractivity contribution in [3.63, 3.8) is 0 Å². The van der Waals surface area contributed by atoms with Crippen LogP contribution in [0.3, 0.4) is 0 Å². The zero-order valence-corrected chi connectivity index (χ0v) is 9.83. The summed E-state index contributed by atoms with van der Waals surface area (Å²) in [4.78, 5) is 0. The van der Waals surface area contributed by atoms with Gasteiger partial charge in [0.1, 0.15) is 0 Å². The Kier molecular flexibility index (Phi) is 2.74. The first-order valence-corrected chi connectivity index (χ1v) is 6.31. The summed E-state index contributed by atoms with van der Waals surface area (Å²) in [6, 6.07) is 6.27. The second kappa shape index (κ2) is 4.38. The molecule has 2 aliphatic rings. The van der Waals surface area contributed by atoms with Crippen molar-refractivity contribution < 1.29 is 4.74 Å². The highest BCUT2D eigenvalue weighted by atomic mass is 16.5. The van der Waals surface area contributed by atoms with Crippen molar-refractivity contribution >= 4 is 5.69 Å². The zero-order valence-electron chi connectivity index (χ0n) is 9.83. The SMILES string of the molecule is N#Cc1ccc2c(c1[C@H]1CCCO1)CCCN2. The highest BCUT2D eigenvalue weighted by Gasteiger charge is 2.26. The Labute approximate surface area is 101 Å². The Balaban J connectivity index is 2.11. The molecular weight excluding hydrogens is 212 g/mol. The molecule has 1 saturated heterocycles. The average molecular weight is 228 g/mol. The third-order valence-electron chi connectivity index (χ3n) is 3.65. The predicted octanol–water partition coefficient (Wildman–Crippen LogP) is 2.77. The van der Waals surface area contributed by atoms with Gasteiger partial charge in [-0.25, -0.2) is 0 Å². The van der Waals surface area contributed by atoms with Crippen LogP contribution in [0.5, 0.6) is 0 Å². The lowest BCUT2D eigenvalue weighted by Crippen LogP contribution is -2.16. The van der Waals surface area contributed by atoms with Crippen LogP contribution in [0.25, 0.3) is 0 Å². The Morgan fingerprint density at radius 3 is 3.06 bits per heavy atom. The quantitative estimate of drug-likeness (QED) is 0.803. The number of nitrogens with zero attached hydrogens (tertiary/aromatic N) is 1. The molecule has 3 nitrogen and oxygen atoms in total. The average Bonchev–Trinajstić information content (AvgIpc) is 2.91. The van der Waals surface area contributed by atoms with E-state index in [0.29, 0.717) is 0 Å². The molecule has 0 aliphatic carbocycles. The van der Waals surface area contributed by atoms with E-state index in [1.165, 1.54) is 11.3 Å². The van der Waals surface area contributed by atoms with E-state index >= 15 is 0 Å². The van der Waals surface area contributed by atoms with Crippen LogP contribution < -0.4 is 5.32 Å². The highest BCUT2D eigenvalue weighted by Crippen LogP contribution is 2.37. The summed E-state index contributed by atoms with van der Waals surface area (Å²) in [7, 11) is 0. The van der Waals surface area contributed by atoms with E-state index in [4.69, 9.17) is 4.74 Å². The van der Waals surface area contributed by atoms with Gasteiger partial charge >= 0.3 is 0 Å². The lowest BCUT2D eigenvalue weighted by atomic mass is 9.90. The summed E-state index contributed by atoms with van der Waals surface area (Å²) in [5.74, 6) is 0. The van der Waals surface area contributed by atoms with E-state index in [2.05, 4.69) is 11.4 Å². The molecule has 0 aromatic heterocycles. The maximum Gasteiger partial charge on any atom is 0.0995 e. The molecule has 2 aliphatic heterocycles. The van der Waals surface area contributed by atoms with Crippen LogP contribution in [0, 0.1) is 11.3 Å². The van der Waals surface area contributed by atoms with Crippen LogP contribution in [0.15, 0.2) is 12.1 Å². The van der Waals surface area contributed by atoms with Gasteiger partial charge in [0.25, 0.3) is 0 Å². The normalized spacial score (nSPS) is 22.6. The molecule has 88 valence electrons. The number of anilines is 1. The van der Waals surface area contributed by atoms with Crippen molar-refractivity contribution in [1.82, 2.24) is 0 Å². The van der Waals surface area contributed by atoms with Crippen LogP contribution in [0.1, 0.15) is 42.1 Å². The molecule has 0 unspecified atom stereocenters. The number of rotatable bonds is 1. The monoisotopic (exact) mass is 228 g/mol. The Hall–Kier alpha value is -1.53. The number of hydrogen-bond donors (Lipinski definition) is 1. The van der Waals surface area contributed by atoms with Gasteiger partial charge in [-0.05, 0) is 43.4 Å². The van der Waals surface area contributed by atoms with Crippen LogP contribution in [-0.4, -0.2) is 13.2 Å². The maximum atomic E-state index is 9.25. The third-order valence-corrected chi connectivity index (χ3v) is 3.65. The second-order valence-corrected chi connectivity index (χ2v) is 4.70. The van der Waals surface area contributed by atoms with E-state index in [-0.39, 0.29) is 6.10 Å². The number of nitrogens with one attached hydrogen (secondary N) is 1. The third kappa shape index (κ3) is 1.79. The number of benzene rings is 1. The lowest BCUT2D eigenvalue weighted by molar-refractivity contribution is 0.111. The zero-order chi connectivity index (χ0) is 11.7. The molecule has 2 heterocycles. The van der Waals surface area contributed by atoms with Gasteiger partial charge < -0.3 is 10.1 Å². The predicted molar refractivity (Wildman–Crippen MR) is 65.9 cm³/mol. The molecule has 1 fully saturated rings. The minimum atomic E-state index is 0.138. The first-order valence-electron chi connectivity index (χ1n) is 6.31. The van der Waals surface area contributed by atoms with Gasteiger partial charge in [0.05, 0.1) is 17.7 Å². The molecule has 0 saturated carbocycles. The van der Waals surface area contributed by atoms with Gasteiger partial charge in [0.15, 0.2) is 0 Å². The van der Waals surface area contributed by atoms with Crippen LogP contribution in [0.2, 0.25) is 0 Å². The van der Waals surface area contributed by atoms with E-state index in [1.807, 2.05) is 12.1 Å². The summed E-state index contributed by atoms with van der Waals surface area (Å²) in [5, 5.41) is 12.7. The summed E-state index contributed by atoms with van der Waals surface area (Å²) < 4.78 is 5.77. The second-order valence-electron chi connectivity index (χ2n) is 4.70. The molecule has 1 atom stereocenters. The molecule has 1 N–H and O–H groups in total. The Morgan fingerprint density at radius 1 is 1.35 bits per heavy atom. The van der Waals surface area contributed by atoms with E-state index < -0.39 is 0 Å². The van der Waals surface area contributed by atoms with Gasteiger partial charge in [0, 0.05) is 24.4 Å². The molecule has 0 bridgehead atoms. The molecular formula is C14H16N2O. The number of hydrogen-bond acceptors (Lipinski definition) is 3. The molecule has 0 radical (unpaired) electrons. The van der Waals surface area contributed by atoms with Crippen molar-refractivity contribution in [2.75, 3.05) is 18.5 Å². The molecule has 3 rings (SSSR count). The first kappa shape index (κ1) is 10.6. The van der Waals surface area contributed by atoms with Crippen molar-refractivity contribution in [2.24, 2.45) is 0 Å². The summed E-state index contributed by atoms with van der Waals surface area (Å²) in [6.07, 6.45) is 4.49. The van der Waals surface area contributed by atoms with Crippen molar-refractivity contribution in [1.29, 1.82) is 5.26 Å². The lowest BCUT2D eigenvalue weighted by Gasteiger charge is -2.24. The van der Waals surface area contributed by atoms with E-state index in [0.717, 1.165) is 50.0 Å². The fourth-order valence-electron chi connectivity index (χ4n) is 2.86. The molecule has 1 aromatic carbocycles. The molecule has 17 heavy (non-hydrogen) atoms. The standard InChI is InChI=1S/C14H16N2O/c15-9-10-5-6-12-11(3-1-7-16-12)14(10)13-4-2-8-17-13/h5-6,13,16H,1-4,7-8H2/t13-/m1/s1. The van der Waals surface area contributed by atoms with E-state index in [9.17, 15) is 5.26 Å². The topological polar surface area (TPSA) is 45.0 Å². The molecule has 0 amide bonds. The fraction of sp³-hybridized carbons (Fsp3) is 0.500. The van der Waals surface area contributed by atoms with Crippen LogP contribution >= 0.6 is 0 Å². The minimum Gasteiger partial charge on any atom is -0.385 e. The van der Waals surface area contributed by atoms with Gasteiger partial charge in [0.2, 0.25) is 0 Å². The minimum absolute atomic E-state index is 0.138. The summed E-state index contributed by atoms with van der Waals surface area (Å²) in [5.41, 5.74) is 4.44. The van der Waals surface area contributed by atoms with Crippen LogP contribution in [0.4, 0.5) is 5.69 Å². The van der Waals surface area contributed by atoms with Gasteiger partial charge in [-0.1, -0.05) is 0 Å². The Bertz CT molecular complexity index is 470. The van der Waals surface area contributed by atoms with Crippen molar-refractivity contribution in [3.8, 4) is 6.07 Å². The molecule has 0 spiro atoms. The fourth-order valence-corrected chi connectivity index (χ4v) is 2.86. The van der Waals surface area contributed by atoms with Crippen molar-refractivity contribution in [3.05, 3.63) is 28.8 Å². The summed E-state index contributed by atoms with van der Waals surface area (Å²) in [6.45, 7) is 1.86. The smallest absolute Gasteiger partial charge is 0.0995 e. The van der Waals surface area contributed by atoms with Crippen molar-refractivity contribution in [2.45, 2.75) is 31.8 Å². The van der Waals surface area contributed by atoms with E-state index in [1.54, 1.807) is 0 Å². The first-order chi connectivity index (χ1) is 8.40. The number of ether oxygens (including phenoxy) is 1. The number of nitriles is 1. The van der Waals surface area contributed by atoms with Gasteiger partial charge in [-0.15, -0.1) is 0 Å². The Morgan fingerprint density at radius 2 is 2.29 bits per heavy atom. The largest absolute Gasteiger partial charge is 0.385 e. The highest BCUT2D eigenvalue weighted by molar-refractivity contribution is 5.61. The molecule has 1 aromatic rings. The van der Waals surface area contributed by atoms with Crippen LogP contribution in [-0.2, 0) is 11.2 Å². The van der Waals surface area contributed by atoms with Gasteiger partial charge in [-0.2, -0.15) is 5.26 Å². The number of fused-ring (bicyclic) bond motifs is 1. The maximum absolute atomic E-state index is 9.25.